The fraction of sp³-hybridized carbons (Fsp3) is 0.643. The van der Waals surface area contributed by atoms with Gasteiger partial charge in [-0.05, 0) is 44.4 Å². The molecule has 0 spiro atoms. The van der Waals surface area contributed by atoms with Crippen LogP contribution in [0.4, 0.5) is 5.69 Å². The molecule has 2 atom stereocenters. The van der Waals surface area contributed by atoms with E-state index in [2.05, 4.69) is 28.2 Å². The van der Waals surface area contributed by atoms with E-state index in [1.807, 2.05) is 12.4 Å². The molecule has 1 aromatic rings. The van der Waals surface area contributed by atoms with Gasteiger partial charge in [0.2, 0.25) is 0 Å². The molecule has 0 saturated carbocycles. The number of aryl methyl sites for hydroxylation is 1. The molecule has 1 N–H and O–H groups in total. The number of hydrogen-bond acceptors (Lipinski definition) is 3. The van der Waals surface area contributed by atoms with Crippen molar-refractivity contribution in [2.24, 2.45) is 0 Å². The summed E-state index contributed by atoms with van der Waals surface area (Å²) in [6.45, 7) is 4.70. The minimum Gasteiger partial charge on any atom is -0.380 e. The molecule has 0 radical (unpaired) electrons. The predicted molar refractivity (Wildman–Crippen MR) is 70.2 cm³/mol. The third-order valence-electron chi connectivity index (χ3n) is 4.22. The molecule has 2 aliphatic heterocycles. The smallest absolute Gasteiger partial charge is 0.0429 e. The van der Waals surface area contributed by atoms with E-state index in [1.165, 1.54) is 50.0 Å². The Balaban J connectivity index is 1.71. The Morgan fingerprint density at radius 3 is 3.12 bits per heavy atom. The summed E-state index contributed by atoms with van der Waals surface area (Å²) in [5, 5.41) is 3.73. The summed E-state index contributed by atoms with van der Waals surface area (Å²) in [4.78, 5) is 6.81. The van der Waals surface area contributed by atoms with Crippen molar-refractivity contribution in [3.05, 3.63) is 24.0 Å². The summed E-state index contributed by atoms with van der Waals surface area (Å²) in [7, 11) is 0. The largest absolute Gasteiger partial charge is 0.380 e. The number of nitrogens with zero attached hydrogens (tertiary/aromatic N) is 2. The van der Waals surface area contributed by atoms with Crippen LogP contribution in [-0.2, 0) is 0 Å². The molecule has 2 saturated heterocycles. The van der Waals surface area contributed by atoms with Crippen LogP contribution in [0.15, 0.2) is 18.5 Å². The van der Waals surface area contributed by atoms with Crippen LogP contribution in [0.1, 0.15) is 31.2 Å². The second kappa shape index (κ2) is 4.65. The van der Waals surface area contributed by atoms with Crippen LogP contribution in [0, 0.1) is 6.92 Å². The highest BCUT2D eigenvalue weighted by atomic mass is 15.2. The average Bonchev–Trinajstić information content (AvgIpc) is 2.76. The number of nitrogens with one attached hydrogen (secondary N) is 1. The van der Waals surface area contributed by atoms with Crippen LogP contribution in [0.5, 0.6) is 0 Å². The standard InChI is InChI=1S/C14H21N3/c1-11-10-15-7-5-12(11)16-13-6-9-17-8-3-2-4-14(13)17/h5,7,10,13-14H,2-4,6,8-9H2,1H3,(H,15,16). The van der Waals surface area contributed by atoms with E-state index in [-0.39, 0.29) is 0 Å². The number of rotatable bonds is 2. The lowest BCUT2D eigenvalue weighted by Crippen LogP contribution is -2.41. The molecule has 2 aliphatic rings. The van der Waals surface area contributed by atoms with E-state index in [9.17, 15) is 0 Å². The van der Waals surface area contributed by atoms with E-state index < -0.39 is 0 Å². The lowest BCUT2D eigenvalue weighted by molar-refractivity contribution is 0.193. The zero-order valence-corrected chi connectivity index (χ0v) is 10.5. The molecule has 3 heterocycles. The molecule has 1 aromatic heterocycles. The maximum atomic E-state index is 4.15. The van der Waals surface area contributed by atoms with Gasteiger partial charge in [0.05, 0.1) is 0 Å². The lowest BCUT2D eigenvalue weighted by atomic mass is 9.98. The minimum absolute atomic E-state index is 0.636. The van der Waals surface area contributed by atoms with Gasteiger partial charge in [0.15, 0.2) is 0 Å². The molecular weight excluding hydrogens is 210 g/mol. The number of fused-ring (bicyclic) bond motifs is 1. The third kappa shape index (κ3) is 2.16. The third-order valence-corrected chi connectivity index (χ3v) is 4.22. The molecule has 2 unspecified atom stereocenters. The van der Waals surface area contributed by atoms with Gasteiger partial charge in [-0.2, -0.15) is 0 Å². The fourth-order valence-corrected chi connectivity index (χ4v) is 3.25. The van der Waals surface area contributed by atoms with Crippen LogP contribution < -0.4 is 5.32 Å². The first-order chi connectivity index (χ1) is 8.34. The first-order valence-electron chi connectivity index (χ1n) is 6.76. The molecule has 3 nitrogen and oxygen atoms in total. The SMILES string of the molecule is Cc1cnccc1NC1CCN2CCCCC12. The maximum Gasteiger partial charge on any atom is 0.0429 e. The summed E-state index contributed by atoms with van der Waals surface area (Å²) < 4.78 is 0. The summed E-state index contributed by atoms with van der Waals surface area (Å²) in [6.07, 6.45) is 9.25. The average molecular weight is 231 g/mol. The van der Waals surface area contributed by atoms with Gasteiger partial charge in [-0.15, -0.1) is 0 Å². The molecule has 0 amide bonds. The van der Waals surface area contributed by atoms with E-state index in [0.717, 1.165) is 6.04 Å². The highest BCUT2D eigenvalue weighted by molar-refractivity contribution is 5.49. The van der Waals surface area contributed by atoms with Crippen LogP contribution in [0.25, 0.3) is 0 Å². The Labute approximate surface area is 103 Å². The first kappa shape index (κ1) is 11.0. The highest BCUT2D eigenvalue weighted by Gasteiger charge is 2.35. The van der Waals surface area contributed by atoms with Gasteiger partial charge >= 0.3 is 0 Å². The summed E-state index contributed by atoms with van der Waals surface area (Å²) in [5.41, 5.74) is 2.51. The monoisotopic (exact) mass is 231 g/mol. The van der Waals surface area contributed by atoms with Crippen molar-refractivity contribution in [2.75, 3.05) is 18.4 Å². The van der Waals surface area contributed by atoms with Crippen LogP contribution >= 0.6 is 0 Å². The Kier molecular flexibility index (Phi) is 3.02. The quantitative estimate of drug-likeness (QED) is 0.847. The van der Waals surface area contributed by atoms with Crippen molar-refractivity contribution in [1.82, 2.24) is 9.88 Å². The topological polar surface area (TPSA) is 28.2 Å². The van der Waals surface area contributed by atoms with Gasteiger partial charge in [0.25, 0.3) is 0 Å². The zero-order chi connectivity index (χ0) is 11.7. The molecular formula is C14H21N3. The maximum absolute atomic E-state index is 4.15. The van der Waals surface area contributed by atoms with Gasteiger partial charge in [0, 0.05) is 36.7 Å². The van der Waals surface area contributed by atoms with E-state index in [0.29, 0.717) is 6.04 Å². The van der Waals surface area contributed by atoms with Crippen molar-refractivity contribution in [3.63, 3.8) is 0 Å². The predicted octanol–water partition coefficient (Wildman–Crippen LogP) is 2.43. The van der Waals surface area contributed by atoms with Crippen LogP contribution in [-0.4, -0.2) is 35.1 Å². The fourth-order valence-electron chi connectivity index (χ4n) is 3.25. The van der Waals surface area contributed by atoms with Gasteiger partial charge < -0.3 is 5.32 Å². The van der Waals surface area contributed by atoms with Crippen LogP contribution in [0.2, 0.25) is 0 Å². The minimum atomic E-state index is 0.636. The normalized spacial score (nSPS) is 29.0. The summed E-state index contributed by atoms with van der Waals surface area (Å²) in [5.74, 6) is 0. The Morgan fingerprint density at radius 1 is 1.29 bits per heavy atom. The number of pyridine rings is 1. The Morgan fingerprint density at radius 2 is 2.24 bits per heavy atom. The molecule has 92 valence electrons. The van der Waals surface area contributed by atoms with Crippen molar-refractivity contribution in [1.29, 1.82) is 0 Å². The Hall–Kier alpha value is -1.09. The first-order valence-corrected chi connectivity index (χ1v) is 6.76. The molecule has 2 fully saturated rings. The van der Waals surface area contributed by atoms with Gasteiger partial charge in [0.1, 0.15) is 0 Å². The Bertz CT molecular complexity index is 391. The number of hydrogen-bond donors (Lipinski definition) is 1. The second-order valence-electron chi connectivity index (χ2n) is 5.33. The summed E-state index contributed by atoms with van der Waals surface area (Å²) >= 11 is 0. The van der Waals surface area contributed by atoms with Crippen molar-refractivity contribution in [2.45, 2.75) is 44.7 Å². The van der Waals surface area contributed by atoms with Gasteiger partial charge in [-0.25, -0.2) is 0 Å². The summed E-state index contributed by atoms with van der Waals surface area (Å²) in [6, 6.07) is 3.49. The van der Waals surface area contributed by atoms with E-state index in [4.69, 9.17) is 0 Å². The second-order valence-corrected chi connectivity index (χ2v) is 5.33. The van der Waals surface area contributed by atoms with Crippen molar-refractivity contribution < 1.29 is 0 Å². The molecule has 3 rings (SSSR count). The van der Waals surface area contributed by atoms with Gasteiger partial charge in [-0.3, -0.25) is 9.88 Å². The molecule has 17 heavy (non-hydrogen) atoms. The molecule has 0 bridgehead atoms. The van der Waals surface area contributed by atoms with Crippen molar-refractivity contribution in [3.8, 4) is 0 Å². The van der Waals surface area contributed by atoms with Crippen molar-refractivity contribution >= 4 is 5.69 Å². The van der Waals surface area contributed by atoms with E-state index >= 15 is 0 Å². The van der Waals surface area contributed by atoms with Crippen LogP contribution in [0.3, 0.4) is 0 Å². The van der Waals surface area contributed by atoms with E-state index in [1.54, 1.807) is 0 Å². The highest BCUT2D eigenvalue weighted by Crippen LogP contribution is 2.29. The molecule has 0 aliphatic carbocycles. The van der Waals surface area contributed by atoms with Gasteiger partial charge in [-0.1, -0.05) is 6.42 Å². The number of aromatic nitrogens is 1. The number of anilines is 1. The molecule has 3 heteroatoms. The molecule has 0 aromatic carbocycles. The number of piperidine rings is 1. The lowest BCUT2D eigenvalue weighted by Gasteiger charge is -2.33. The zero-order valence-electron chi connectivity index (χ0n) is 10.5.